The molecule has 0 radical (unpaired) electrons. The minimum absolute atomic E-state index is 0.0485. The van der Waals surface area contributed by atoms with Gasteiger partial charge < -0.3 is 20.4 Å². The molecule has 0 fully saturated rings. The van der Waals surface area contributed by atoms with Crippen LogP contribution in [0.3, 0.4) is 0 Å². The molecule has 0 spiro atoms. The number of halogens is 1. The van der Waals surface area contributed by atoms with Crippen molar-refractivity contribution in [3.05, 3.63) is 47.4 Å². The summed E-state index contributed by atoms with van der Waals surface area (Å²) >= 11 is 6.16. The van der Waals surface area contributed by atoms with E-state index in [1.165, 1.54) is 6.26 Å². The van der Waals surface area contributed by atoms with E-state index >= 15 is 0 Å². The molecule has 1 heterocycles. The predicted molar refractivity (Wildman–Crippen MR) is 94.6 cm³/mol. The van der Waals surface area contributed by atoms with Crippen molar-refractivity contribution in [2.45, 2.75) is 26.8 Å². The van der Waals surface area contributed by atoms with Crippen molar-refractivity contribution in [1.82, 2.24) is 5.32 Å². The lowest BCUT2D eigenvalue weighted by Gasteiger charge is -2.18. The first-order valence-electron chi connectivity index (χ1n) is 7.58. The van der Waals surface area contributed by atoms with Crippen molar-refractivity contribution in [3.8, 4) is 0 Å². The van der Waals surface area contributed by atoms with Crippen molar-refractivity contribution in [1.29, 1.82) is 0 Å². The third-order valence-electron chi connectivity index (χ3n) is 3.58. The van der Waals surface area contributed by atoms with Crippen LogP contribution >= 0.6 is 11.6 Å². The fourth-order valence-corrected chi connectivity index (χ4v) is 2.05. The van der Waals surface area contributed by atoms with E-state index in [0.29, 0.717) is 22.3 Å². The van der Waals surface area contributed by atoms with Crippen LogP contribution in [0.25, 0.3) is 0 Å². The van der Waals surface area contributed by atoms with E-state index in [1.807, 2.05) is 20.8 Å². The molecule has 0 bridgehead atoms. The molecular formula is C17H20ClN3O3. The monoisotopic (exact) mass is 349 g/mol. The van der Waals surface area contributed by atoms with Crippen molar-refractivity contribution >= 4 is 34.9 Å². The Labute approximate surface area is 145 Å². The summed E-state index contributed by atoms with van der Waals surface area (Å²) in [5, 5.41) is 8.51. The Morgan fingerprint density at radius 2 is 1.88 bits per heavy atom. The second-order valence-electron chi connectivity index (χ2n) is 5.76. The highest BCUT2D eigenvalue weighted by Crippen LogP contribution is 2.26. The first-order valence-corrected chi connectivity index (χ1v) is 7.96. The van der Waals surface area contributed by atoms with Gasteiger partial charge in [-0.25, -0.2) is 4.79 Å². The number of hydrogen-bond acceptors (Lipinski definition) is 3. The van der Waals surface area contributed by atoms with Gasteiger partial charge in [0, 0.05) is 11.7 Å². The fourth-order valence-electron chi connectivity index (χ4n) is 1.83. The van der Waals surface area contributed by atoms with Crippen LogP contribution in [0.4, 0.5) is 16.2 Å². The second kappa shape index (κ2) is 7.88. The maximum absolute atomic E-state index is 11.9. The molecule has 0 saturated heterocycles. The molecule has 3 N–H and O–H groups in total. The number of nitrogens with one attached hydrogen (secondary N) is 3. The van der Waals surface area contributed by atoms with E-state index in [-0.39, 0.29) is 17.8 Å². The molecule has 3 amide bonds. The molecule has 128 valence electrons. The van der Waals surface area contributed by atoms with Gasteiger partial charge in [0.15, 0.2) is 5.76 Å². The van der Waals surface area contributed by atoms with Crippen LogP contribution in [0.1, 0.15) is 31.3 Å². The number of anilines is 2. The van der Waals surface area contributed by atoms with Crippen LogP contribution in [0.2, 0.25) is 5.02 Å². The van der Waals surface area contributed by atoms with Crippen LogP contribution in [-0.2, 0) is 0 Å². The topological polar surface area (TPSA) is 83.4 Å². The molecule has 0 aliphatic carbocycles. The molecule has 2 rings (SSSR count). The molecule has 7 heteroatoms. The summed E-state index contributed by atoms with van der Waals surface area (Å²) in [4.78, 5) is 23.8. The number of carbonyl (C=O) groups excluding carboxylic acids is 2. The van der Waals surface area contributed by atoms with Gasteiger partial charge in [0.2, 0.25) is 0 Å². The third-order valence-corrected chi connectivity index (χ3v) is 3.89. The zero-order valence-electron chi connectivity index (χ0n) is 13.7. The van der Waals surface area contributed by atoms with Crippen molar-refractivity contribution in [2.75, 3.05) is 10.6 Å². The minimum atomic E-state index is -0.397. The van der Waals surface area contributed by atoms with Gasteiger partial charge in [-0.05, 0) is 43.2 Å². The molecule has 6 nitrogen and oxygen atoms in total. The quantitative estimate of drug-likeness (QED) is 0.750. The summed E-state index contributed by atoms with van der Waals surface area (Å²) in [6, 6.07) is 7.76. The van der Waals surface area contributed by atoms with Crippen LogP contribution in [-0.4, -0.2) is 18.0 Å². The summed E-state index contributed by atoms with van der Waals surface area (Å²) in [5.74, 6) is 0.125. The number of amides is 3. The van der Waals surface area contributed by atoms with Crippen LogP contribution < -0.4 is 16.0 Å². The maximum Gasteiger partial charge on any atom is 0.319 e. The summed E-state index contributed by atoms with van der Waals surface area (Å²) in [6.07, 6.45) is 1.42. The van der Waals surface area contributed by atoms with Gasteiger partial charge >= 0.3 is 6.03 Å². The average molecular weight is 350 g/mol. The van der Waals surface area contributed by atoms with Gasteiger partial charge in [0.25, 0.3) is 5.91 Å². The van der Waals surface area contributed by atoms with E-state index in [9.17, 15) is 9.59 Å². The first-order chi connectivity index (χ1) is 11.4. The molecule has 24 heavy (non-hydrogen) atoms. The Balaban J connectivity index is 1.99. The number of urea groups is 1. The van der Waals surface area contributed by atoms with Gasteiger partial charge in [-0.2, -0.15) is 0 Å². The number of hydrogen-bond donors (Lipinski definition) is 3. The normalized spacial score (nSPS) is 11.9. The lowest BCUT2D eigenvalue weighted by Crippen LogP contribution is -2.38. The van der Waals surface area contributed by atoms with Crippen LogP contribution in [0, 0.1) is 5.92 Å². The van der Waals surface area contributed by atoms with Gasteiger partial charge in [0.1, 0.15) is 0 Å². The Hall–Kier alpha value is -2.47. The Bertz CT molecular complexity index is 714. The Morgan fingerprint density at radius 1 is 1.12 bits per heavy atom. The lowest BCUT2D eigenvalue weighted by molar-refractivity contribution is 0.0996. The zero-order valence-corrected chi connectivity index (χ0v) is 14.5. The summed E-state index contributed by atoms with van der Waals surface area (Å²) < 4.78 is 5.02. The highest BCUT2D eigenvalue weighted by atomic mass is 35.5. The molecule has 0 aliphatic heterocycles. The van der Waals surface area contributed by atoms with E-state index in [0.717, 1.165) is 0 Å². The largest absolute Gasteiger partial charge is 0.459 e. The lowest BCUT2D eigenvalue weighted by atomic mass is 10.1. The summed E-state index contributed by atoms with van der Waals surface area (Å²) in [7, 11) is 0. The number of carbonyl (C=O) groups is 2. The van der Waals surface area contributed by atoms with Crippen molar-refractivity contribution in [3.63, 3.8) is 0 Å². The Morgan fingerprint density at radius 3 is 2.46 bits per heavy atom. The van der Waals surface area contributed by atoms with E-state index in [1.54, 1.807) is 30.3 Å². The average Bonchev–Trinajstić information content (AvgIpc) is 3.04. The van der Waals surface area contributed by atoms with Crippen LogP contribution in [0.5, 0.6) is 0 Å². The van der Waals surface area contributed by atoms with Crippen LogP contribution in [0.15, 0.2) is 41.0 Å². The summed E-state index contributed by atoms with van der Waals surface area (Å²) in [6.45, 7) is 5.99. The van der Waals surface area contributed by atoms with Crippen molar-refractivity contribution < 1.29 is 14.0 Å². The van der Waals surface area contributed by atoms with E-state index in [4.69, 9.17) is 16.0 Å². The first kappa shape index (κ1) is 17.9. The Kier molecular flexibility index (Phi) is 5.87. The highest BCUT2D eigenvalue weighted by molar-refractivity contribution is 6.34. The zero-order chi connectivity index (χ0) is 17.7. The molecule has 1 atom stereocenters. The molecule has 0 aliphatic rings. The van der Waals surface area contributed by atoms with Gasteiger partial charge in [-0.15, -0.1) is 0 Å². The smallest absolute Gasteiger partial charge is 0.319 e. The standard InChI is InChI=1S/C17H20ClN3O3/c1-10(2)11(3)19-17(23)20-12-6-7-14(13(18)9-12)21-16(22)15-5-4-8-24-15/h4-11H,1-3H3,(H,21,22)(H2,19,20,23)/t11-/m1/s1. The molecule has 0 unspecified atom stereocenters. The number of benzene rings is 1. The molecular weight excluding hydrogens is 330 g/mol. The fraction of sp³-hybridized carbons (Fsp3) is 0.294. The highest BCUT2D eigenvalue weighted by Gasteiger charge is 2.13. The van der Waals surface area contributed by atoms with Crippen molar-refractivity contribution in [2.24, 2.45) is 5.92 Å². The van der Waals surface area contributed by atoms with Gasteiger partial charge in [-0.3, -0.25) is 4.79 Å². The summed E-state index contributed by atoms with van der Waals surface area (Å²) in [5.41, 5.74) is 0.962. The second-order valence-corrected chi connectivity index (χ2v) is 6.16. The van der Waals surface area contributed by atoms with E-state index in [2.05, 4.69) is 16.0 Å². The molecule has 1 aromatic heterocycles. The predicted octanol–water partition coefficient (Wildman–Crippen LogP) is 4.35. The third kappa shape index (κ3) is 4.76. The number of rotatable bonds is 5. The maximum atomic E-state index is 11.9. The molecule has 1 aromatic carbocycles. The van der Waals surface area contributed by atoms with Gasteiger partial charge in [-0.1, -0.05) is 25.4 Å². The molecule has 2 aromatic rings. The van der Waals surface area contributed by atoms with E-state index < -0.39 is 5.91 Å². The minimum Gasteiger partial charge on any atom is -0.459 e. The van der Waals surface area contributed by atoms with Gasteiger partial charge in [0.05, 0.1) is 17.0 Å². The SMILES string of the molecule is CC(C)[C@@H](C)NC(=O)Nc1ccc(NC(=O)c2ccco2)c(Cl)c1. The number of furan rings is 1. The molecule has 0 saturated carbocycles.